The number of carbonyl (C=O) groups is 2. The van der Waals surface area contributed by atoms with Gasteiger partial charge in [-0.3, -0.25) is 0 Å². The van der Waals surface area contributed by atoms with Crippen molar-refractivity contribution >= 4 is 29.4 Å². The number of nitrogens with one attached hydrogen (secondary N) is 2. The molecule has 1 heterocycles. The van der Waals surface area contributed by atoms with Gasteiger partial charge in [0.25, 0.3) is 0 Å². The standard InChI is InChI=1S/C24H35ClF3N3O4/c1-5-34-21(32)20(30-19-13-16(24(26,27)28)12-17(25)14-19)9-6-10-29-18-8-7-11-31(15-18)22(33)35-23(2,3)4/h12-14,18,20,29-30H,5-11,15H2,1-4H3/t18-,20-/m1/s1. The fraction of sp³-hybridized carbons (Fsp3) is 0.667. The van der Waals surface area contributed by atoms with Crippen LogP contribution in [0.15, 0.2) is 18.2 Å². The Morgan fingerprint density at radius 1 is 1.23 bits per heavy atom. The predicted octanol–water partition coefficient (Wildman–Crippen LogP) is 5.47. The summed E-state index contributed by atoms with van der Waals surface area (Å²) in [7, 11) is 0. The molecule has 0 aliphatic carbocycles. The molecule has 0 spiro atoms. The molecular weight excluding hydrogens is 487 g/mol. The zero-order valence-corrected chi connectivity index (χ0v) is 21.4. The number of halogens is 4. The number of nitrogens with zero attached hydrogens (tertiary/aromatic N) is 1. The van der Waals surface area contributed by atoms with Gasteiger partial charge in [-0.05, 0) is 78.1 Å². The van der Waals surface area contributed by atoms with Gasteiger partial charge in [0.15, 0.2) is 0 Å². The summed E-state index contributed by atoms with van der Waals surface area (Å²) >= 11 is 5.86. The minimum Gasteiger partial charge on any atom is -0.464 e. The molecular formula is C24H35ClF3N3O4. The van der Waals surface area contributed by atoms with E-state index >= 15 is 0 Å². The molecule has 35 heavy (non-hydrogen) atoms. The summed E-state index contributed by atoms with van der Waals surface area (Å²) in [6.45, 7) is 9.02. The number of hydrogen-bond acceptors (Lipinski definition) is 6. The van der Waals surface area contributed by atoms with Crippen molar-refractivity contribution in [2.24, 2.45) is 0 Å². The SMILES string of the molecule is CCOC(=O)[C@@H](CCCN[C@@H]1CCCN(C(=O)OC(C)(C)C)C1)Nc1cc(Cl)cc(C(F)(F)F)c1. The Balaban J connectivity index is 1.92. The minimum absolute atomic E-state index is 0.0848. The third-order valence-electron chi connectivity index (χ3n) is 5.31. The van der Waals surface area contributed by atoms with Crippen molar-refractivity contribution in [2.45, 2.75) is 77.2 Å². The van der Waals surface area contributed by atoms with Crippen LogP contribution in [0.2, 0.25) is 5.02 Å². The molecule has 1 amide bonds. The van der Waals surface area contributed by atoms with Crippen molar-refractivity contribution in [1.29, 1.82) is 0 Å². The van der Waals surface area contributed by atoms with Crippen LogP contribution in [0.25, 0.3) is 0 Å². The summed E-state index contributed by atoms with van der Waals surface area (Å²) in [5.74, 6) is -0.546. The van der Waals surface area contributed by atoms with Gasteiger partial charge in [0, 0.05) is 29.8 Å². The van der Waals surface area contributed by atoms with E-state index < -0.39 is 29.4 Å². The predicted molar refractivity (Wildman–Crippen MR) is 129 cm³/mol. The second-order valence-corrected chi connectivity index (χ2v) is 9.97. The van der Waals surface area contributed by atoms with Gasteiger partial charge >= 0.3 is 18.2 Å². The van der Waals surface area contributed by atoms with Gasteiger partial charge in [-0.25, -0.2) is 9.59 Å². The van der Waals surface area contributed by atoms with Gasteiger partial charge < -0.3 is 25.0 Å². The summed E-state index contributed by atoms with van der Waals surface area (Å²) < 4.78 is 49.9. The Bertz CT molecular complexity index is 861. The molecule has 1 aliphatic rings. The molecule has 0 unspecified atom stereocenters. The van der Waals surface area contributed by atoms with Crippen molar-refractivity contribution in [3.05, 3.63) is 28.8 Å². The number of amides is 1. The molecule has 11 heteroatoms. The first-order valence-electron chi connectivity index (χ1n) is 11.8. The molecule has 2 N–H and O–H groups in total. The van der Waals surface area contributed by atoms with E-state index in [-0.39, 0.29) is 29.5 Å². The Hall–Kier alpha value is -2.20. The van der Waals surface area contributed by atoms with E-state index in [9.17, 15) is 22.8 Å². The maximum absolute atomic E-state index is 13.1. The monoisotopic (exact) mass is 521 g/mol. The first-order valence-corrected chi connectivity index (χ1v) is 12.2. The topological polar surface area (TPSA) is 79.9 Å². The average Bonchev–Trinajstić information content (AvgIpc) is 2.74. The Morgan fingerprint density at radius 2 is 1.94 bits per heavy atom. The molecule has 0 aromatic heterocycles. The number of benzene rings is 1. The molecule has 1 aromatic rings. The fourth-order valence-corrected chi connectivity index (χ4v) is 4.01. The molecule has 1 aromatic carbocycles. The normalized spacial score (nSPS) is 17.6. The lowest BCUT2D eigenvalue weighted by molar-refractivity contribution is -0.144. The van der Waals surface area contributed by atoms with E-state index in [1.54, 1.807) is 11.8 Å². The molecule has 1 saturated heterocycles. The van der Waals surface area contributed by atoms with Crippen LogP contribution >= 0.6 is 11.6 Å². The van der Waals surface area contributed by atoms with Gasteiger partial charge in [-0.1, -0.05) is 11.6 Å². The fourth-order valence-electron chi connectivity index (χ4n) is 3.78. The largest absolute Gasteiger partial charge is 0.464 e. The summed E-state index contributed by atoms with van der Waals surface area (Å²) in [5.41, 5.74) is -1.36. The van der Waals surface area contributed by atoms with Gasteiger partial charge in [0.1, 0.15) is 11.6 Å². The lowest BCUT2D eigenvalue weighted by atomic mass is 10.1. The van der Waals surface area contributed by atoms with E-state index in [4.69, 9.17) is 21.1 Å². The number of hydrogen-bond donors (Lipinski definition) is 2. The third kappa shape index (κ3) is 10.1. The van der Waals surface area contributed by atoms with Crippen molar-refractivity contribution in [3.63, 3.8) is 0 Å². The molecule has 2 atom stereocenters. The number of carbonyl (C=O) groups excluding carboxylic acids is 2. The molecule has 0 saturated carbocycles. The van der Waals surface area contributed by atoms with Crippen LogP contribution in [-0.4, -0.2) is 60.9 Å². The summed E-state index contributed by atoms with van der Waals surface area (Å²) in [5, 5.41) is 6.16. The first kappa shape index (κ1) is 29.0. The minimum atomic E-state index is -4.56. The quantitative estimate of drug-likeness (QED) is 0.331. The lowest BCUT2D eigenvalue weighted by Crippen LogP contribution is -2.49. The second kappa shape index (κ2) is 12.7. The van der Waals surface area contributed by atoms with Crippen molar-refractivity contribution in [1.82, 2.24) is 10.2 Å². The van der Waals surface area contributed by atoms with Crippen LogP contribution in [0.4, 0.5) is 23.7 Å². The van der Waals surface area contributed by atoms with Crippen LogP contribution in [0.3, 0.4) is 0 Å². The highest BCUT2D eigenvalue weighted by Crippen LogP contribution is 2.33. The Morgan fingerprint density at radius 3 is 2.57 bits per heavy atom. The molecule has 7 nitrogen and oxygen atoms in total. The van der Waals surface area contributed by atoms with Crippen LogP contribution in [0.1, 0.15) is 58.9 Å². The number of piperidine rings is 1. The molecule has 1 aliphatic heterocycles. The molecule has 198 valence electrons. The van der Waals surface area contributed by atoms with Crippen LogP contribution < -0.4 is 10.6 Å². The number of rotatable bonds is 9. The van der Waals surface area contributed by atoms with E-state index in [1.165, 1.54) is 6.07 Å². The molecule has 1 fully saturated rings. The Kier molecular flexibility index (Phi) is 10.5. The summed E-state index contributed by atoms with van der Waals surface area (Å²) in [6.07, 6.45) is -2.25. The number of esters is 1. The van der Waals surface area contributed by atoms with Crippen molar-refractivity contribution < 1.29 is 32.2 Å². The van der Waals surface area contributed by atoms with E-state index in [1.807, 2.05) is 20.8 Å². The molecule has 2 rings (SSSR count). The number of likely N-dealkylation sites (tertiary alicyclic amines) is 1. The first-order chi connectivity index (χ1) is 16.3. The van der Waals surface area contributed by atoms with Gasteiger partial charge in [-0.15, -0.1) is 0 Å². The lowest BCUT2D eigenvalue weighted by Gasteiger charge is -2.34. The van der Waals surface area contributed by atoms with E-state index in [0.717, 1.165) is 25.0 Å². The van der Waals surface area contributed by atoms with Gasteiger partial charge in [0.2, 0.25) is 0 Å². The summed E-state index contributed by atoms with van der Waals surface area (Å²) in [4.78, 5) is 26.4. The zero-order valence-electron chi connectivity index (χ0n) is 20.6. The average molecular weight is 522 g/mol. The van der Waals surface area contributed by atoms with Crippen LogP contribution in [-0.2, 0) is 20.4 Å². The van der Waals surface area contributed by atoms with Gasteiger partial charge in [0.05, 0.1) is 12.2 Å². The summed E-state index contributed by atoms with van der Waals surface area (Å²) in [6, 6.07) is 2.35. The highest BCUT2D eigenvalue weighted by Gasteiger charge is 2.32. The maximum Gasteiger partial charge on any atom is 0.416 e. The van der Waals surface area contributed by atoms with Crippen molar-refractivity contribution in [3.8, 4) is 0 Å². The van der Waals surface area contributed by atoms with Gasteiger partial charge in [-0.2, -0.15) is 13.2 Å². The molecule has 0 radical (unpaired) electrons. The maximum atomic E-state index is 13.1. The third-order valence-corrected chi connectivity index (χ3v) is 5.53. The molecule has 0 bridgehead atoms. The Labute approximate surface area is 209 Å². The highest BCUT2D eigenvalue weighted by atomic mass is 35.5. The highest BCUT2D eigenvalue weighted by molar-refractivity contribution is 6.31. The number of anilines is 1. The van der Waals surface area contributed by atoms with E-state index in [2.05, 4.69) is 10.6 Å². The van der Waals surface area contributed by atoms with Crippen molar-refractivity contribution in [2.75, 3.05) is 31.6 Å². The number of ether oxygens (including phenoxy) is 2. The second-order valence-electron chi connectivity index (χ2n) is 9.54. The number of alkyl halides is 3. The van der Waals surface area contributed by atoms with Crippen LogP contribution in [0.5, 0.6) is 0 Å². The zero-order chi connectivity index (χ0) is 26.2. The van der Waals surface area contributed by atoms with Crippen LogP contribution in [0, 0.1) is 0 Å². The van der Waals surface area contributed by atoms with E-state index in [0.29, 0.717) is 32.5 Å². The smallest absolute Gasteiger partial charge is 0.416 e.